The van der Waals surface area contributed by atoms with Gasteiger partial charge in [-0.05, 0) is 43.0 Å². The zero-order valence-corrected chi connectivity index (χ0v) is 14.1. The van der Waals surface area contributed by atoms with E-state index in [0.29, 0.717) is 5.92 Å². The van der Waals surface area contributed by atoms with Gasteiger partial charge in [0.25, 0.3) is 0 Å². The summed E-state index contributed by atoms with van der Waals surface area (Å²) in [5.74, 6) is 0.653. The highest BCUT2D eigenvalue weighted by Crippen LogP contribution is 2.26. The van der Waals surface area contributed by atoms with Crippen LogP contribution in [0.25, 0.3) is 0 Å². The summed E-state index contributed by atoms with van der Waals surface area (Å²) in [4.78, 5) is 2.37. The number of hydrogen-bond donors (Lipinski definition) is 1. The third-order valence-electron chi connectivity index (χ3n) is 3.81. The molecule has 0 aromatic heterocycles. The van der Waals surface area contributed by atoms with Crippen molar-refractivity contribution in [2.24, 2.45) is 5.92 Å². The van der Waals surface area contributed by atoms with E-state index < -0.39 is 0 Å². The average Bonchev–Trinajstić information content (AvgIpc) is 2.47. The molecule has 1 unspecified atom stereocenters. The van der Waals surface area contributed by atoms with E-state index in [9.17, 15) is 0 Å². The fourth-order valence-corrected chi connectivity index (χ4v) is 3.09. The van der Waals surface area contributed by atoms with E-state index in [2.05, 4.69) is 58.3 Å². The molecule has 0 spiro atoms. The van der Waals surface area contributed by atoms with Crippen LogP contribution in [0.2, 0.25) is 0 Å². The van der Waals surface area contributed by atoms with Crippen LogP contribution in [0, 0.1) is 5.92 Å². The van der Waals surface area contributed by atoms with Crippen LogP contribution in [0.5, 0.6) is 0 Å². The number of halogens is 1. The first-order chi connectivity index (χ1) is 9.70. The molecular weight excluding hydrogens is 316 g/mol. The van der Waals surface area contributed by atoms with Gasteiger partial charge in [0.1, 0.15) is 0 Å². The van der Waals surface area contributed by atoms with Crippen LogP contribution >= 0.6 is 15.9 Å². The third kappa shape index (κ3) is 4.47. The van der Waals surface area contributed by atoms with Crippen molar-refractivity contribution >= 4 is 21.6 Å². The van der Waals surface area contributed by atoms with Crippen LogP contribution in [0.3, 0.4) is 0 Å². The van der Waals surface area contributed by atoms with E-state index in [-0.39, 0.29) is 0 Å². The Balaban J connectivity index is 2.06. The van der Waals surface area contributed by atoms with E-state index in [0.717, 1.165) is 37.3 Å². The van der Waals surface area contributed by atoms with Gasteiger partial charge in [0.2, 0.25) is 0 Å². The summed E-state index contributed by atoms with van der Waals surface area (Å²) in [6.45, 7) is 6.96. The fourth-order valence-electron chi connectivity index (χ4n) is 2.74. The first-order valence-corrected chi connectivity index (χ1v) is 8.28. The lowest BCUT2D eigenvalue weighted by molar-refractivity contribution is 0.0576. The van der Waals surface area contributed by atoms with Crippen LogP contribution in [-0.2, 0) is 11.3 Å². The van der Waals surface area contributed by atoms with Gasteiger partial charge in [-0.25, -0.2) is 0 Å². The smallest absolute Gasteiger partial charge is 0.0511 e. The zero-order chi connectivity index (χ0) is 14.4. The third-order valence-corrected chi connectivity index (χ3v) is 4.30. The Bertz CT molecular complexity index is 419. The van der Waals surface area contributed by atoms with Crippen molar-refractivity contribution in [3.63, 3.8) is 0 Å². The van der Waals surface area contributed by atoms with Crippen molar-refractivity contribution in [2.75, 3.05) is 38.3 Å². The Morgan fingerprint density at radius 1 is 1.45 bits per heavy atom. The minimum Gasteiger partial charge on any atom is -0.381 e. The summed E-state index contributed by atoms with van der Waals surface area (Å²) in [7, 11) is 2.19. The van der Waals surface area contributed by atoms with Gasteiger partial charge in [0.05, 0.1) is 6.61 Å². The maximum Gasteiger partial charge on any atom is 0.0511 e. The van der Waals surface area contributed by atoms with E-state index in [1.165, 1.54) is 24.1 Å². The topological polar surface area (TPSA) is 24.5 Å². The Morgan fingerprint density at radius 2 is 2.30 bits per heavy atom. The van der Waals surface area contributed by atoms with Crippen molar-refractivity contribution in [3.05, 3.63) is 28.2 Å². The standard InChI is InChI=1S/C16H25BrN2O/c1-3-18-10-14-6-7-15(17)9-16(14)19(2)11-13-5-4-8-20-12-13/h6-7,9,13,18H,3-5,8,10-12H2,1-2H3. The maximum absolute atomic E-state index is 5.59. The van der Waals surface area contributed by atoms with Gasteiger partial charge >= 0.3 is 0 Å². The highest BCUT2D eigenvalue weighted by atomic mass is 79.9. The predicted molar refractivity (Wildman–Crippen MR) is 88.3 cm³/mol. The van der Waals surface area contributed by atoms with Crippen LogP contribution in [0.4, 0.5) is 5.69 Å². The van der Waals surface area contributed by atoms with Crippen LogP contribution in [-0.4, -0.2) is 33.4 Å². The Hall–Kier alpha value is -0.580. The van der Waals surface area contributed by atoms with Crippen molar-refractivity contribution in [2.45, 2.75) is 26.3 Å². The number of benzene rings is 1. The highest BCUT2D eigenvalue weighted by Gasteiger charge is 2.17. The molecule has 0 bridgehead atoms. The minimum absolute atomic E-state index is 0.653. The SMILES string of the molecule is CCNCc1ccc(Br)cc1N(C)CC1CCCOC1. The minimum atomic E-state index is 0.653. The molecule has 1 fully saturated rings. The van der Waals surface area contributed by atoms with Crippen LogP contribution in [0.1, 0.15) is 25.3 Å². The molecule has 0 saturated carbocycles. The molecule has 1 saturated heterocycles. The van der Waals surface area contributed by atoms with Gasteiger partial charge in [-0.1, -0.05) is 28.9 Å². The van der Waals surface area contributed by atoms with E-state index in [1.807, 2.05) is 0 Å². The lowest BCUT2D eigenvalue weighted by atomic mass is 10.0. The lowest BCUT2D eigenvalue weighted by Gasteiger charge is -2.30. The van der Waals surface area contributed by atoms with Gasteiger partial charge in [0.15, 0.2) is 0 Å². The first kappa shape index (κ1) is 15.8. The van der Waals surface area contributed by atoms with Crippen molar-refractivity contribution in [1.29, 1.82) is 0 Å². The summed E-state index contributed by atoms with van der Waals surface area (Å²) in [5, 5.41) is 3.42. The predicted octanol–water partition coefficient (Wildman–Crippen LogP) is 3.42. The fraction of sp³-hybridized carbons (Fsp3) is 0.625. The molecule has 1 N–H and O–H groups in total. The molecule has 1 aliphatic heterocycles. The quantitative estimate of drug-likeness (QED) is 0.858. The van der Waals surface area contributed by atoms with Gasteiger partial charge in [0, 0.05) is 36.9 Å². The molecule has 2 rings (SSSR count). The first-order valence-electron chi connectivity index (χ1n) is 7.48. The monoisotopic (exact) mass is 340 g/mol. The number of nitrogens with one attached hydrogen (secondary N) is 1. The van der Waals surface area contributed by atoms with Crippen molar-refractivity contribution in [3.8, 4) is 0 Å². The van der Waals surface area contributed by atoms with Crippen LogP contribution < -0.4 is 10.2 Å². The summed E-state index contributed by atoms with van der Waals surface area (Å²) in [5.41, 5.74) is 2.67. The Labute approximate surface area is 130 Å². The second kappa shape index (κ2) is 8.01. The van der Waals surface area contributed by atoms with E-state index in [4.69, 9.17) is 4.74 Å². The Kier molecular flexibility index (Phi) is 6.33. The summed E-state index contributed by atoms with van der Waals surface area (Å²) in [6.07, 6.45) is 2.47. The number of nitrogens with zero attached hydrogens (tertiary/aromatic N) is 1. The molecule has 112 valence electrons. The molecule has 4 heteroatoms. The summed E-state index contributed by atoms with van der Waals surface area (Å²) < 4.78 is 6.73. The molecule has 1 atom stereocenters. The van der Waals surface area contributed by atoms with Crippen molar-refractivity contribution in [1.82, 2.24) is 5.32 Å². The number of rotatable bonds is 6. The number of hydrogen-bond acceptors (Lipinski definition) is 3. The number of ether oxygens (including phenoxy) is 1. The molecule has 1 aromatic carbocycles. The van der Waals surface area contributed by atoms with Crippen LogP contribution in [0.15, 0.2) is 22.7 Å². The summed E-state index contributed by atoms with van der Waals surface area (Å²) in [6, 6.07) is 6.54. The molecule has 1 aromatic rings. The zero-order valence-electron chi connectivity index (χ0n) is 12.5. The van der Waals surface area contributed by atoms with E-state index >= 15 is 0 Å². The molecule has 1 heterocycles. The molecule has 0 radical (unpaired) electrons. The van der Waals surface area contributed by atoms with Gasteiger partial charge < -0.3 is 15.0 Å². The maximum atomic E-state index is 5.59. The largest absolute Gasteiger partial charge is 0.381 e. The molecule has 20 heavy (non-hydrogen) atoms. The molecule has 0 amide bonds. The molecule has 1 aliphatic rings. The van der Waals surface area contributed by atoms with Gasteiger partial charge in [-0.3, -0.25) is 0 Å². The average molecular weight is 341 g/mol. The highest BCUT2D eigenvalue weighted by molar-refractivity contribution is 9.10. The second-order valence-electron chi connectivity index (χ2n) is 5.52. The number of anilines is 1. The molecule has 3 nitrogen and oxygen atoms in total. The summed E-state index contributed by atoms with van der Waals surface area (Å²) >= 11 is 3.59. The molecule has 0 aliphatic carbocycles. The van der Waals surface area contributed by atoms with Gasteiger partial charge in [-0.2, -0.15) is 0 Å². The molecular formula is C16H25BrN2O. The Morgan fingerprint density at radius 3 is 3.00 bits per heavy atom. The second-order valence-corrected chi connectivity index (χ2v) is 6.43. The normalized spacial score (nSPS) is 19.1. The van der Waals surface area contributed by atoms with E-state index in [1.54, 1.807) is 0 Å². The lowest BCUT2D eigenvalue weighted by Crippen LogP contribution is -2.31. The van der Waals surface area contributed by atoms with Gasteiger partial charge in [-0.15, -0.1) is 0 Å². The van der Waals surface area contributed by atoms with Crippen molar-refractivity contribution < 1.29 is 4.74 Å².